The molecular weight excluding hydrogens is 284 g/mol. The lowest BCUT2D eigenvalue weighted by Gasteiger charge is -2.21. The van der Waals surface area contributed by atoms with Gasteiger partial charge >= 0.3 is 0 Å². The fourth-order valence-corrected chi connectivity index (χ4v) is 2.39. The number of rotatable bonds is 4. The minimum Gasteiger partial charge on any atom is -0.463 e. The standard InChI is InChI=1S/C15H16N4O3/c20-13-4-3-10(8-18-13)15(21)19-9-11-14(17-6-5-16-11)12-2-1-7-22-12/h1-2,5-7,10H,3-4,8-9H2,(H,18,20)(H,19,21). The first-order valence-electron chi connectivity index (χ1n) is 7.12. The molecule has 3 rings (SSSR count). The molecule has 1 fully saturated rings. The van der Waals surface area contributed by atoms with Gasteiger partial charge in [0.2, 0.25) is 11.8 Å². The van der Waals surface area contributed by atoms with Gasteiger partial charge in [0.15, 0.2) is 5.76 Å². The van der Waals surface area contributed by atoms with E-state index >= 15 is 0 Å². The predicted octanol–water partition coefficient (Wildman–Crippen LogP) is 0.879. The van der Waals surface area contributed by atoms with E-state index in [-0.39, 0.29) is 24.3 Å². The highest BCUT2D eigenvalue weighted by Crippen LogP contribution is 2.20. The minimum absolute atomic E-state index is 0.00178. The number of hydrogen-bond donors (Lipinski definition) is 2. The highest BCUT2D eigenvalue weighted by molar-refractivity contribution is 5.83. The predicted molar refractivity (Wildman–Crippen MR) is 77.3 cm³/mol. The van der Waals surface area contributed by atoms with Gasteiger partial charge in [-0.05, 0) is 18.6 Å². The second-order valence-electron chi connectivity index (χ2n) is 5.09. The van der Waals surface area contributed by atoms with Crippen LogP contribution in [0.15, 0.2) is 35.2 Å². The Morgan fingerprint density at radius 1 is 1.41 bits per heavy atom. The Morgan fingerprint density at radius 3 is 3.00 bits per heavy atom. The molecule has 2 amide bonds. The maximum atomic E-state index is 12.1. The molecule has 7 nitrogen and oxygen atoms in total. The molecule has 0 spiro atoms. The van der Waals surface area contributed by atoms with Gasteiger partial charge in [-0.3, -0.25) is 14.6 Å². The summed E-state index contributed by atoms with van der Waals surface area (Å²) < 4.78 is 5.33. The number of furan rings is 1. The molecule has 1 saturated heterocycles. The molecule has 114 valence electrons. The molecule has 2 N–H and O–H groups in total. The van der Waals surface area contributed by atoms with Gasteiger partial charge in [0.25, 0.3) is 0 Å². The van der Waals surface area contributed by atoms with Crippen LogP contribution in [0.3, 0.4) is 0 Å². The Hall–Kier alpha value is -2.70. The van der Waals surface area contributed by atoms with Crippen molar-refractivity contribution in [1.82, 2.24) is 20.6 Å². The Balaban J connectivity index is 1.64. The lowest BCUT2D eigenvalue weighted by molar-refractivity contribution is -0.129. The van der Waals surface area contributed by atoms with Gasteiger partial charge in [-0.25, -0.2) is 4.98 Å². The van der Waals surface area contributed by atoms with E-state index in [9.17, 15) is 9.59 Å². The SMILES string of the molecule is O=C1CCC(C(=O)NCc2nccnc2-c2ccco2)CN1. The molecule has 7 heteroatoms. The molecule has 1 aliphatic rings. The Kier molecular flexibility index (Phi) is 4.13. The summed E-state index contributed by atoms with van der Waals surface area (Å²) in [7, 11) is 0. The first kappa shape index (κ1) is 14.2. The Labute approximate surface area is 127 Å². The van der Waals surface area contributed by atoms with Crippen molar-refractivity contribution in [3.8, 4) is 11.5 Å². The summed E-state index contributed by atoms with van der Waals surface area (Å²) in [5.74, 6) is 0.331. The summed E-state index contributed by atoms with van der Waals surface area (Å²) in [6, 6.07) is 3.57. The Morgan fingerprint density at radius 2 is 2.27 bits per heavy atom. The number of nitrogens with one attached hydrogen (secondary N) is 2. The number of aromatic nitrogens is 2. The molecule has 22 heavy (non-hydrogen) atoms. The molecule has 0 saturated carbocycles. The molecule has 1 aliphatic heterocycles. The average molecular weight is 300 g/mol. The second-order valence-corrected chi connectivity index (χ2v) is 5.09. The first-order chi connectivity index (χ1) is 10.7. The third-order valence-electron chi connectivity index (χ3n) is 3.59. The van der Waals surface area contributed by atoms with E-state index in [0.29, 0.717) is 36.5 Å². The molecular formula is C15H16N4O3. The number of carbonyl (C=O) groups is 2. The lowest BCUT2D eigenvalue weighted by atomic mass is 9.98. The number of piperidine rings is 1. The van der Waals surface area contributed by atoms with E-state index in [0.717, 1.165) is 0 Å². The van der Waals surface area contributed by atoms with E-state index in [1.54, 1.807) is 30.8 Å². The summed E-state index contributed by atoms with van der Waals surface area (Å²) in [5, 5.41) is 5.55. The van der Waals surface area contributed by atoms with Crippen LogP contribution < -0.4 is 10.6 Å². The van der Waals surface area contributed by atoms with Crippen molar-refractivity contribution < 1.29 is 14.0 Å². The summed E-state index contributed by atoms with van der Waals surface area (Å²) in [6.45, 7) is 0.656. The van der Waals surface area contributed by atoms with Crippen molar-refractivity contribution >= 4 is 11.8 Å². The topological polar surface area (TPSA) is 97.1 Å². The van der Waals surface area contributed by atoms with Crippen molar-refractivity contribution in [2.75, 3.05) is 6.54 Å². The first-order valence-corrected chi connectivity index (χ1v) is 7.12. The van der Waals surface area contributed by atoms with Crippen LogP contribution >= 0.6 is 0 Å². The number of hydrogen-bond acceptors (Lipinski definition) is 5. The molecule has 0 radical (unpaired) electrons. The van der Waals surface area contributed by atoms with Crippen LogP contribution in [-0.2, 0) is 16.1 Å². The van der Waals surface area contributed by atoms with Crippen LogP contribution in [0.25, 0.3) is 11.5 Å². The van der Waals surface area contributed by atoms with Crippen molar-refractivity contribution in [2.45, 2.75) is 19.4 Å². The van der Waals surface area contributed by atoms with Crippen LogP contribution in [0.5, 0.6) is 0 Å². The van der Waals surface area contributed by atoms with E-state index in [1.807, 2.05) is 0 Å². The minimum atomic E-state index is -0.193. The largest absolute Gasteiger partial charge is 0.463 e. The number of carbonyl (C=O) groups excluding carboxylic acids is 2. The van der Waals surface area contributed by atoms with Crippen molar-refractivity contribution in [2.24, 2.45) is 5.92 Å². The van der Waals surface area contributed by atoms with Crippen LogP contribution in [0.2, 0.25) is 0 Å². The van der Waals surface area contributed by atoms with Gasteiger partial charge in [0, 0.05) is 25.4 Å². The van der Waals surface area contributed by atoms with Crippen LogP contribution in [-0.4, -0.2) is 28.3 Å². The molecule has 2 aromatic heterocycles. The van der Waals surface area contributed by atoms with Gasteiger partial charge in [-0.1, -0.05) is 0 Å². The second kappa shape index (κ2) is 6.38. The summed E-state index contributed by atoms with van der Waals surface area (Å²) in [6.07, 6.45) is 5.69. The van der Waals surface area contributed by atoms with Gasteiger partial charge in [0.05, 0.1) is 24.4 Å². The van der Waals surface area contributed by atoms with Crippen molar-refractivity contribution in [1.29, 1.82) is 0 Å². The van der Waals surface area contributed by atoms with Crippen LogP contribution in [0.4, 0.5) is 0 Å². The zero-order chi connectivity index (χ0) is 15.4. The lowest BCUT2D eigenvalue weighted by Crippen LogP contribution is -2.42. The molecule has 0 aliphatic carbocycles. The van der Waals surface area contributed by atoms with E-state index in [1.165, 1.54) is 0 Å². The zero-order valence-corrected chi connectivity index (χ0v) is 11.9. The Bertz CT molecular complexity index is 659. The fourth-order valence-electron chi connectivity index (χ4n) is 2.39. The molecule has 0 bridgehead atoms. The van der Waals surface area contributed by atoms with Crippen molar-refractivity contribution in [3.05, 3.63) is 36.5 Å². The quantitative estimate of drug-likeness (QED) is 0.873. The summed E-state index contributed by atoms with van der Waals surface area (Å²) >= 11 is 0. The maximum Gasteiger partial charge on any atom is 0.225 e. The van der Waals surface area contributed by atoms with Crippen LogP contribution in [0.1, 0.15) is 18.5 Å². The van der Waals surface area contributed by atoms with E-state index in [2.05, 4.69) is 20.6 Å². The van der Waals surface area contributed by atoms with E-state index < -0.39 is 0 Å². The highest BCUT2D eigenvalue weighted by Gasteiger charge is 2.24. The van der Waals surface area contributed by atoms with E-state index in [4.69, 9.17) is 4.42 Å². The maximum absolute atomic E-state index is 12.1. The van der Waals surface area contributed by atoms with Crippen molar-refractivity contribution in [3.63, 3.8) is 0 Å². The third-order valence-corrected chi connectivity index (χ3v) is 3.59. The molecule has 2 aromatic rings. The third kappa shape index (κ3) is 3.13. The zero-order valence-electron chi connectivity index (χ0n) is 11.9. The highest BCUT2D eigenvalue weighted by atomic mass is 16.3. The molecule has 1 unspecified atom stereocenters. The molecule has 3 heterocycles. The van der Waals surface area contributed by atoms with Gasteiger partial charge in [-0.2, -0.15) is 0 Å². The van der Waals surface area contributed by atoms with Gasteiger partial charge in [-0.15, -0.1) is 0 Å². The number of nitrogens with zero attached hydrogens (tertiary/aromatic N) is 2. The summed E-state index contributed by atoms with van der Waals surface area (Å²) in [5.41, 5.74) is 1.26. The van der Waals surface area contributed by atoms with Gasteiger partial charge < -0.3 is 15.1 Å². The molecule has 1 atom stereocenters. The fraction of sp³-hybridized carbons (Fsp3) is 0.333. The molecule has 0 aromatic carbocycles. The smallest absolute Gasteiger partial charge is 0.225 e. The normalized spacial score (nSPS) is 17.8. The monoisotopic (exact) mass is 300 g/mol. The van der Waals surface area contributed by atoms with Crippen LogP contribution in [0, 0.1) is 5.92 Å². The average Bonchev–Trinajstić information content (AvgIpc) is 3.08. The number of amides is 2. The van der Waals surface area contributed by atoms with Gasteiger partial charge in [0.1, 0.15) is 5.69 Å². The summed E-state index contributed by atoms with van der Waals surface area (Å²) in [4.78, 5) is 31.8.